The monoisotopic (exact) mass is 404 g/mol. The van der Waals surface area contributed by atoms with Gasteiger partial charge in [-0.2, -0.15) is 0 Å². The van der Waals surface area contributed by atoms with Gasteiger partial charge in [-0.05, 0) is 31.4 Å². The van der Waals surface area contributed by atoms with Crippen molar-refractivity contribution in [3.63, 3.8) is 0 Å². The van der Waals surface area contributed by atoms with Crippen LogP contribution >= 0.6 is 0 Å². The zero-order chi connectivity index (χ0) is 21.5. The Labute approximate surface area is 178 Å². The molecular formula is C26H44O3. The standard InChI is InChI=1S/C26H44O3/c1-4-5-6-7-8-9-10-11-12-13-14-15-16-17-18-21(2)23-19-26(29)24(22(3)27)20-25(23)28/h19-21,28-29H,4-18H2,1-3H3. The van der Waals surface area contributed by atoms with Crippen LogP contribution in [0.1, 0.15) is 139 Å². The minimum Gasteiger partial charge on any atom is -0.508 e. The van der Waals surface area contributed by atoms with E-state index < -0.39 is 0 Å². The van der Waals surface area contributed by atoms with Gasteiger partial charge in [-0.3, -0.25) is 4.79 Å². The van der Waals surface area contributed by atoms with Crippen LogP contribution in [0, 0.1) is 0 Å². The number of aromatic hydroxyl groups is 2. The van der Waals surface area contributed by atoms with Crippen LogP contribution < -0.4 is 0 Å². The van der Waals surface area contributed by atoms with Crippen LogP contribution in [-0.4, -0.2) is 16.0 Å². The number of unbranched alkanes of at least 4 members (excludes halogenated alkanes) is 13. The molecule has 0 heterocycles. The van der Waals surface area contributed by atoms with Crippen molar-refractivity contribution in [2.45, 2.75) is 123 Å². The van der Waals surface area contributed by atoms with Crippen molar-refractivity contribution in [2.75, 3.05) is 0 Å². The summed E-state index contributed by atoms with van der Waals surface area (Å²) in [5.74, 6) is 0.0344. The van der Waals surface area contributed by atoms with E-state index in [1.807, 2.05) is 0 Å². The molecule has 3 nitrogen and oxygen atoms in total. The first-order valence-electron chi connectivity index (χ1n) is 12.0. The van der Waals surface area contributed by atoms with Crippen molar-refractivity contribution in [3.8, 4) is 11.5 Å². The number of Topliss-reactive ketones (excluding diaryl/α,β-unsaturated/α-hetero) is 1. The molecule has 0 amide bonds. The fourth-order valence-corrected chi connectivity index (χ4v) is 4.07. The quantitative estimate of drug-likeness (QED) is 0.156. The topological polar surface area (TPSA) is 57.5 Å². The molecule has 0 fully saturated rings. The van der Waals surface area contributed by atoms with E-state index in [-0.39, 0.29) is 28.8 Å². The minimum atomic E-state index is -0.232. The van der Waals surface area contributed by atoms with E-state index in [1.165, 1.54) is 96.5 Å². The molecule has 2 N–H and O–H groups in total. The van der Waals surface area contributed by atoms with Gasteiger partial charge in [0.25, 0.3) is 0 Å². The summed E-state index contributed by atoms with van der Waals surface area (Å²) < 4.78 is 0. The molecule has 166 valence electrons. The third-order valence-electron chi connectivity index (χ3n) is 6.05. The molecule has 0 aliphatic carbocycles. The molecule has 1 unspecified atom stereocenters. The molecule has 0 spiro atoms. The minimum absolute atomic E-state index is 0.0295. The molecule has 0 saturated carbocycles. The van der Waals surface area contributed by atoms with Gasteiger partial charge in [0.05, 0.1) is 5.56 Å². The van der Waals surface area contributed by atoms with Crippen LogP contribution in [0.2, 0.25) is 0 Å². The first-order chi connectivity index (χ1) is 14.0. The maximum absolute atomic E-state index is 11.4. The highest BCUT2D eigenvalue weighted by molar-refractivity contribution is 5.97. The van der Waals surface area contributed by atoms with Crippen molar-refractivity contribution < 1.29 is 15.0 Å². The van der Waals surface area contributed by atoms with E-state index in [0.717, 1.165) is 18.4 Å². The van der Waals surface area contributed by atoms with Crippen LogP contribution in [0.3, 0.4) is 0 Å². The fourth-order valence-electron chi connectivity index (χ4n) is 4.07. The average molecular weight is 405 g/mol. The predicted molar refractivity (Wildman–Crippen MR) is 123 cm³/mol. The molecule has 1 aromatic carbocycles. The van der Waals surface area contributed by atoms with Crippen molar-refractivity contribution >= 4 is 5.78 Å². The summed E-state index contributed by atoms with van der Waals surface area (Å²) in [6.07, 6.45) is 19.9. The van der Waals surface area contributed by atoms with E-state index in [0.29, 0.717) is 0 Å². The predicted octanol–water partition coefficient (Wildman–Crippen LogP) is 8.28. The van der Waals surface area contributed by atoms with Gasteiger partial charge >= 0.3 is 0 Å². The van der Waals surface area contributed by atoms with Crippen LogP contribution in [0.5, 0.6) is 11.5 Å². The van der Waals surface area contributed by atoms with Crippen molar-refractivity contribution in [3.05, 3.63) is 23.3 Å². The summed E-state index contributed by atoms with van der Waals surface area (Å²) in [7, 11) is 0. The molecule has 1 aromatic rings. The zero-order valence-electron chi connectivity index (χ0n) is 19.1. The second-order valence-electron chi connectivity index (χ2n) is 8.77. The van der Waals surface area contributed by atoms with E-state index >= 15 is 0 Å². The molecule has 0 bridgehead atoms. The third kappa shape index (κ3) is 10.7. The maximum atomic E-state index is 11.4. The second kappa shape index (κ2) is 15.3. The smallest absolute Gasteiger partial charge is 0.163 e. The van der Waals surface area contributed by atoms with Gasteiger partial charge in [0, 0.05) is 5.56 Å². The number of phenolic OH excluding ortho intramolecular Hbond substituents is 2. The largest absolute Gasteiger partial charge is 0.508 e. The van der Waals surface area contributed by atoms with Crippen LogP contribution in [0.15, 0.2) is 12.1 Å². The van der Waals surface area contributed by atoms with Crippen molar-refractivity contribution in [2.24, 2.45) is 0 Å². The molecule has 1 atom stereocenters. The Balaban J connectivity index is 2.06. The number of carbonyl (C=O) groups is 1. The molecule has 0 aliphatic rings. The van der Waals surface area contributed by atoms with Crippen LogP contribution in [-0.2, 0) is 0 Å². The summed E-state index contributed by atoms with van der Waals surface area (Å²) in [6.45, 7) is 5.74. The number of carbonyl (C=O) groups excluding carboxylic acids is 1. The summed E-state index contributed by atoms with van der Waals surface area (Å²) in [6, 6.07) is 2.95. The first kappa shape index (κ1) is 25.5. The Bertz CT molecular complexity index is 580. The van der Waals surface area contributed by atoms with Gasteiger partial charge in [-0.15, -0.1) is 0 Å². The SMILES string of the molecule is CCCCCCCCCCCCCCCCC(C)c1cc(O)c(C(C)=O)cc1O. The van der Waals surface area contributed by atoms with Gasteiger partial charge in [0.1, 0.15) is 11.5 Å². The van der Waals surface area contributed by atoms with Gasteiger partial charge in [0.2, 0.25) is 0 Å². The Morgan fingerprint density at radius 2 is 1.21 bits per heavy atom. The maximum Gasteiger partial charge on any atom is 0.163 e. The molecule has 3 heteroatoms. The Hall–Kier alpha value is -1.51. The molecule has 0 saturated heterocycles. The molecule has 0 aliphatic heterocycles. The highest BCUT2D eigenvalue weighted by Crippen LogP contribution is 2.35. The summed E-state index contributed by atoms with van der Waals surface area (Å²) in [4.78, 5) is 11.4. The lowest BCUT2D eigenvalue weighted by Crippen LogP contribution is -1.99. The van der Waals surface area contributed by atoms with Gasteiger partial charge in [-0.25, -0.2) is 0 Å². The molecule has 1 rings (SSSR count). The lowest BCUT2D eigenvalue weighted by atomic mass is 9.92. The number of rotatable bonds is 17. The van der Waals surface area contributed by atoms with Crippen molar-refractivity contribution in [1.29, 1.82) is 0 Å². The first-order valence-corrected chi connectivity index (χ1v) is 12.0. The van der Waals surface area contributed by atoms with Crippen LogP contribution in [0.4, 0.5) is 0 Å². The highest BCUT2D eigenvalue weighted by Gasteiger charge is 2.16. The number of benzene rings is 1. The average Bonchev–Trinajstić information content (AvgIpc) is 2.69. The highest BCUT2D eigenvalue weighted by atomic mass is 16.3. The Kier molecular flexibility index (Phi) is 13.5. The van der Waals surface area contributed by atoms with Crippen molar-refractivity contribution in [1.82, 2.24) is 0 Å². The van der Waals surface area contributed by atoms with E-state index in [1.54, 1.807) is 6.07 Å². The molecule has 0 radical (unpaired) electrons. The summed E-state index contributed by atoms with van der Waals surface area (Å²) >= 11 is 0. The summed E-state index contributed by atoms with van der Waals surface area (Å²) in [5.41, 5.74) is 0.928. The summed E-state index contributed by atoms with van der Waals surface area (Å²) in [5, 5.41) is 20.2. The Morgan fingerprint density at radius 3 is 1.66 bits per heavy atom. The van der Waals surface area contributed by atoms with Gasteiger partial charge in [-0.1, -0.05) is 104 Å². The number of hydrogen-bond acceptors (Lipinski definition) is 3. The van der Waals surface area contributed by atoms with E-state index in [4.69, 9.17) is 0 Å². The number of phenols is 2. The normalized spacial score (nSPS) is 12.2. The zero-order valence-corrected chi connectivity index (χ0v) is 19.1. The number of hydrogen-bond donors (Lipinski definition) is 2. The van der Waals surface area contributed by atoms with E-state index in [9.17, 15) is 15.0 Å². The Morgan fingerprint density at radius 1 is 0.759 bits per heavy atom. The molecule has 0 aromatic heterocycles. The van der Waals surface area contributed by atoms with E-state index in [2.05, 4.69) is 13.8 Å². The lowest BCUT2D eigenvalue weighted by Gasteiger charge is -2.15. The lowest BCUT2D eigenvalue weighted by molar-refractivity contribution is 0.101. The molecular weight excluding hydrogens is 360 g/mol. The van der Waals surface area contributed by atoms with Gasteiger partial charge < -0.3 is 10.2 Å². The fraction of sp³-hybridized carbons (Fsp3) is 0.731. The molecule has 29 heavy (non-hydrogen) atoms. The third-order valence-corrected chi connectivity index (χ3v) is 6.05. The van der Waals surface area contributed by atoms with Gasteiger partial charge in [0.15, 0.2) is 5.78 Å². The number of ketones is 1. The van der Waals surface area contributed by atoms with Crippen LogP contribution in [0.25, 0.3) is 0 Å². The second-order valence-corrected chi connectivity index (χ2v) is 8.77.